The molecule has 3 nitrogen and oxygen atoms in total. The molecule has 3 atom stereocenters. The van der Waals surface area contributed by atoms with Gasteiger partial charge in [0.15, 0.2) is 0 Å². The molecule has 4 rings (SSSR count). The van der Waals surface area contributed by atoms with Crippen molar-refractivity contribution in [2.45, 2.75) is 32.6 Å². The van der Waals surface area contributed by atoms with Gasteiger partial charge in [-0.25, -0.2) is 0 Å². The van der Waals surface area contributed by atoms with Crippen molar-refractivity contribution in [3.8, 4) is 0 Å². The van der Waals surface area contributed by atoms with Crippen LogP contribution < -0.4 is 0 Å². The van der Waals surface area contributed by atoms with Gasteiger partial charge in [0.1, 0.15) is 0 Å². The molecule has 96 valence electrons. The molecule has 0 aliphatic carbocycles. The second-order valence-corrected chi connectivity index (χ2v) is 6.04. The largest absolute Gasteiger partial charge is 0.465 e. The first-order valence-corrected chi connectivity index (χ1v) is 7.17. The van der Waals surface area contributed by atoms with Crippen LogP contribution in [-0.2, 0) is 9.53 Å². The Hall–Kier alpha value is -0.570. The van der Waals surface area contributed by atoms with Crippen molar-refractivity contribution in [2.24, 2.45) is 23.7 Å². The number of piperidine rings is 3. The van der Waals surface area contributed by atoms with Crippen LogP contribution in [0.15, 0.2) is 0 Å². The van der Waals surface area contributed by atoms with Crippen LogP contribution in [0.4, 0.5) is 0 Å². The lowest BCUT2D eigenvalue weighted by atomic mass is 9.73. The third-order valence-corrected chi connectivity index (χ3v) is 5.15. The van der Waals surface area contributed by atoms with E-state index >= 15 is 0 Å². The minimum absolute atomic E-state index is 0.0544. The van der Waals surface area contributed by atoms with E-state index < -0.39 is 0 Å². The van der Waals surface area contributed by atoms with Gasteiger partial charge in [0, 0.05) is 12.5 Å². The van der Waals surface area contributed by atoms with E-state index in [1.165, 1.54) is 38.9 Å². The van der Waals surface area contributed by atoms with E-state index in [0.29, 0.717) is 12.5 Å². The number of esters is 1. The third-order valence-electron chi connectivity index (χ3n) is 5.15. The Morgan fingerprint density at radius 1 is 1.29 bits per heavy atom. The van der Waals surface area contributed by atoms with Crippen LogP contribution in [-0.4, -0.2) is 37.1 Å². The number of cyclic esters (lactones) is 1. The van der Waals surface area contributed by atoms with E-state index in [0.717, 1.165) is 18.3 Å². The molecule has 4 aliphatic heterocycles. The molecule has 0 aromatic rings. The summed E-state index contributed by atoms with van der Waals surface area (Å²) in [5.41, 5.74) is 0. The summed E-state index contributed by atoms with van der Waals surface area (Å²) in [6, 6.07) is 0. The number of hydrogen-bond donors (Lipinski definition) is 0. The Morgan fingerprint density at radius 3 is 2.65 bits per heavy atom. The molecule has 0 aromatic heterocycles. The molecular formula is C14H23NO2. The molecule has 4 fully saturated rings. The van der Waals surface area contributed by atoms with Gasteiger partial charge in [-0.05, 0) is 50.6 Å². The van der Waals surface area contributed by atoms with Crippen molar-refractivity contribution in [2.75, 3.05) is 26.2 Å². The van der Waals surface area contributed by atoms with Gasteiger partial charge in [-0.3, -0.25) is 4.79 Å². The second-order valence-electron chi connectivity index (χ2n) is 6.04. The van der Waals surface area contributed by atoms with Crippen molar-refractivity contribution in [3.63, 3.8) is 0 Å². The zero-order chi connectivity index (χ0) is 11.8. The number of ether oxygens (including phenoxy) is 1. The van der Waals surface area contributed by atoms with Gasteiger partial charge < -0.3 is 9.64 Å². The number of rotatable bonds is 3. The first kappa shape index (κ1) is 11.5. The second kappa shape index (κ2) is 4.60. The van der Waals surface area contributed by atoms with Crippen LogP contribution in [0.5, 0.6) is 0 Å². The summed E-state index contributed by atoms with van der Waals surface area (Å²) in [5.74, 6) is 2.49. The highest BCUT2D eigenvalue weighted by Gasteiger charge is 2.41. The SMILES string of the molecule is CCC1C(=O)OCC1CC1CN2CCC1CC2. The zero-order valence-corrected chi connectivity index (χ0v) is 10.7. The highest BCUT2D eigenvalue weighted by atomic mass is 16.5. The fourth-order valence-electron chi connectivity index (χ4n) is 4.08. The summed E-state index contributed by atoms with van der Waals surface area (Å²) < 4.78 is 5.24. The van der Waals surface area contributed by atoms with Gasteiger partial charge in [-0.2, -0.15) is 0 Å². The van der Waals surface area contributed by atoms with Crippen LogP contribution >= 0.6 is 0 Å². The summed E-state index contributed by atoms with van der Waals surface area (Å²) in [7, 11) is 0. The molecule has 0 radical (unpaired) electrons. The average Bonchev–Trinajstić information content (AvgIpc) is 2.71. The highest BCUT2D eigenvalue weighted by Crippen LogP contribution is 2.39. The Labute approximate surface area is 104 Å². The summed E-state index contributed by atoms with van der Waals surface area (Å²) in [5, 5.41) is 0. The normalized spacial score (nSPS) is 45.0. The maximum atomic E-state index is 11.6. The van der Waals surface area contributed by atoms with Gasteiger partial charge in [-0.15, -0.1) is 0 Å². The predicted molar refractivity (Wildman–Crippen MR) is 65.5 cm³/mol. The average molecular weight is 237 g/mol. The molecule has 0 N–H and O–H groups in total. The van der Waals surface area contributed by atoms with E-state index in [1.807, 2.05) is 0 Å². The van der Waals surface area contributed by atoms with Crippen LogP contribution in [0, 0.1) is 23.7 Å². The summed E-state index contributed by atoms with van der Waals surface area (Å²) in [4.78, 5) is 14.2. The van der Waals surface area contributed by atoms with Crippen molar-refractivity contribution in [1.29, 1.82) is 0 Å². The molecule has 3 unspecified atom stereocenters. The molecule has 0 spiro atoms. The van der Waals surface area contributed by atoms with E-state index in [9.17, 15) is 4.79 Å². The van der Waals surface area contributed by atoms with Gasteiger partial charge in [0.05, 0.1) is 12.5 Å². The molecule has 0 amide bonds. The molecule has 4 saturated heterocycles. The minimum Gasteiger partial charge on any atom is -0.465 e. The number of nitrogens with zero attached hydrogens (tertiary/aromatic N) is 1. The number of fused-ring (bicyclic) bond motifs is 3. The Balaban J connectivity index is 1.61. The van der Waals surface area contributed by atoms with E-state index in [4.69, 9.17) is 4.74 Å². The zero-order valence-electron chi connectivity index (χ0n) is 10.7. The molecule has 3 heteroatoms. The fourth-order valence-corrected chi connectivity index (χ4v) is 4.08. The molecule has 17 heavy (non-hydrogen) atoms. The smallest absolute Gasteiger partial charge is 0.309 e. The standard InChI is InChI=1S/C14H23NO2/c1-2-13-12(9-17-14(13)16)7-11-8-15-5-3-10(11)4-6-15/h10-13H,2-9H2,1H3. The van der Waals surface area contributed by atoms with E-state index in [2.05, 4.69) is 11.8 Å². The Morgan fingerprint density at radius 2 is 2.06 bits per heavy atom. The maximum absolute atomic E-state index is 11.6. The first-order valence-electron chi connectivity index (χ1n) is 7.17. The first-order chi connectivity index (χ1) is 8.28. The number of hydrogen-bond acceptors (Lipinski definition) is 3. The topological polar surface area (TPSA) is 29.5 Å². The van der Waals surface area contributed by atoms with Gasteiger partial charge in [0.2, 0.25) is 0 Å². The van der Waals surface area contributed by atoms with E-state index in [1.54, 1.807) is 0 Å². The van der Waals surface area contributed by atoms with Gasteiger partial charge in [0.25, 0.3) is 0 Å². The Kier molecular flexibility index (Phi) is 3.12. The summed E-state index contributed by atoms with van der Waals surface area (Å²) in [6.45, 7) is 6.67. The lowest BCUT2D eigenvalue weighted by molar-refractivity contribution is -0.141. The van der Waals surface area contributed by atoms with E-state index in [-0.39, 0.29) is 11.9 Å². The van der Waals surface area contributed by atoms with Crippen molar-refractivity contribution in [3.05, 3.63) is 0 Å². The molecular weight excluding hydrogens is 214 g/mol. The highest BCUT2D eigenvalue weighted by molar-refractivity contribution is 5.74. The number of carbonyl (C=O) groups is 1. The van der Waals surface area contributed by atoms with Crippen molar-refractivity contribution in [1.82, 2.24) is 4.90 Å². The van der Waals surface area contributed by atoms with Crippen LogP contribution in [0.1, 0.15) is 32.6 Å². The van der Waals surface area contributed by atoms with Crippen molar-refractivity contribution < 1.29 is 9.53 Å². The van der Waals surface area contributed by atoms with Gasteiger partial charge in [-0.1, -0.05) is 6.92 Å². The maximum Gasteiger partial charge on any atom is 0.309 e. The molecule has 4 heterocycles. The third kappa shape index (κ3) is 2.10. The lowest BCUT2D eigenvalue weighted by Gasteiger charge is -2.45. The fraction of sp³-hybridized carbons (Fsp3) is 0.929. The predicted octanol–water partition coefficient (Wildman–Crippen LogP) is 1.92. The molecule has 4 aliphatic rings. The van der Waals surface area contributed by atoms with Crippen LogP contribution in [0.3, 0.4) is 0 Å². The molecule has 0 saturated carbocycles. The van der Waals surface area contributed by atoms with Crippen LogP contribution in [0.25, 0.3) is 0 Å². The minimum atomic E-state index is 0.0544. The molecule has 0 aromatic carbocycles. The van der Waals surface area contributed by atoms with Crippen molar-refractivity contribution >= 4 is 5.97 Å². The monoisotopic (exact) mass is 237 g/mol. The lowest BCUT2D eigenvalue weighted by Crippen LogP contribution is -2.48. The van der Waals surface area contributed by atoms with Crippen LogP contribution in [0.2, 0.25) is 0 Å². The summed E-state index contributed by atoms with van der Waals surface area (Å²) in [6.07, 6.45) is 4.92. The molecule has 2 bridgehead atoms. The van der Waals surface area contributed by atoms with Gasteiger partial charge >= 0.3 is 5.97 Å². The Bertz CT molecular complexity index is 297. The summed E-state index contributed by atoms with van der Waals surface area (Å²) >= 11 is 0. The number of carbonyl (C=O) groups excluding carboxylic acids is 1. The quantitative estimate of drug-likeness (QED) is 0.702.